The molecule has 3 rings (SSSR count). The number of hydrogen-bond donors (Lipinski definition) is 1. The van der Waals surface area contributed by atoms with E-state index < -0.39 is 11.6 Å². The van der Waals surface area contributed by atoms with Crippen LogP contribution < -0.4 is 4.90 Å². The highest BCUT2D eigenvalue weighted by atomic mass is 19.1. The number of pyridine rings is 1. The zero-order chi connectivity index (χ0) is 16.4. The smallest absolute Gasteiger partial charge is 0.152 e. The van der Waals surface area contributed by atoms with Gasteiger partial charge in [0.25, 0.3) is 0 Å². The Balaban J connectivity index is 1.85. The number of aromatic nitrogens is 1. The Kier molecular flexibility index (Phi) is 4.73. The molecule has 0 saturated carbocycles. The summed E-state index contributed by atoms with van der Waals surface area (Å²) in [7, 11) is 0. The Labute approximate surface area is 134 Å². The lowest BCUT2D eigenvalue weighted by molar-refractivity contribution is 0.114. The number of anilines is 1. The molecule has 0 radical (unpaired) electrons. The summed E-state index contributed by atoms with van der Waals surface area (Å²) in [6.45, 7) is 5.38. The van der Waals surface area contributed by atoms with Gasteiger partial charge in [-0.15, -0.1) is 0 Å². The molecule has 1 fully saturated rings. The van der Waals surface area contributed by atoms with E-state index >= 15 is 0 Å². The number of aliphatic hydroxyl groups excluding tert-OH is 1. The number of aliphatic hydroxyl groups is 1. The normalized spacial score (nSPS) is 17.7. The predicted octanol–water partition coefficient (Wildman–Crippen LogP) is 2.41. The maximum Gasteiger partial charge on any atom is 0.152 e. The molecule has 0 amide bonds. The lowest BCUT2D eigenvalue weighted by Gasteiger charge is -2.39. The lowest BCUT2D eigenvalue weighted by Crippen LogP contribution is -2.51. The number of hydrogen-bond acceptors (Lipinski definition) is 4. The maximum absolute atomic E-state index is 13.9. The summed E-state index contributed by atoms with van der Waals surface area (Å²) in [6, 6.07) is 4.20. The summed E-state index contributed by atoms with van der Waals surface area (Å²) in [5.41, 5.74) is 1.01. The molecule has 23 heavy (non-hydrogen) atoms. The average Bonchev–Trinajstić information content (AvgIpc) is 2.56. The third kappa shape index (κ3) is 3.14. The number of fused-ring (bicyclic) bond motifs is 1. The van der Waals surface area contributed by atoms with Gasteiger partial charge in [-0.3, -0.25) is 9.88 Å². The largest absolute Gasteiger partial charge is 0.395 e. The quantitative estimate of drug-likeness (QED) is 0.939. The molecule has 1 aliphatic heterocycles. The van der Waals surface area contributed by atoms with Crippen molar-refractivity contribution in [2.45, 2.75) is 19.4 Å². The molecule has 1 atom stereocenters. The van der Waals surface area contributed by atoms with E-state index in [1.807, 2.05) is 0 Å². The number of rotatable bonds is 4. The van der Waals surface area contributed by atoms with E-state index in [-0.39, 0.29) is 18.2 Å². The molecule has 124 valence electrons. The molecule has 2 aromatic rings. The number of piperazine rings is 1. The third-order valence-electron chi connectivity index (χ3n) is 4.59. The fourth-order valence-corrected chi connectivity index (χ4v) is 3.27. The van der Waals surface area contributed by atoms with Crippen molar-refractivity contribution in [2.75, 3.05) is 37.7 Å². The average molecular weight is 321 g/mol. The molecule has 4 nitrogen and oxygen atoms in total. The van der Waals surface area contributed by atoms with Crippen molar-refractivity contribution < 1.29 is 13.9 Å². The van der Waals surface area contributed by atoms with Crippen molar-refractivity contribution in [3.63, 3.8) is 0 Å². The molecule has 1 aromatic heterocycles. The third-order valence-corrected chi connectivity index (χ3v) is 4.59. The highest BCUT2D eigenvalue weighted by molar-refractivity contribution is 5.92. The molecular formula is C17H21F2N3O. The minimum Gasteiger partial charge on any atom is -0.395 e. The van der Waals surface area contributed by atoms with Crippen LogP contribution in [-0.2, 0) is 0 Å². The van der Waals surface area contributed by atoms with Crippen LogP contribution in [0.1, 0.15) is 13.3 Å². The van der Waals surface area contributed by atoms with Gasteiger partial charge in [-0.25, -0.2) is 8.78 Å². The van der Waals surface area contributed by atoms with E-state index in [4.69, 9.17) is 0 Å². The van der Waals surface area contributed by atoms with E-state index in [0.717, 1.165) is 44.4 Å². The van der Waals surface area contributed by atoms with Crippen molar-refractivity contribution in [3.05, 3.63) is 36.0 Å². The minimum absolute atomic E-state index is 0.158. The van der Waals surface area contributed by atoms with Gasteiger partial charge >= 0.3 is 0 Å². The summed E-state index contributed by atoms with van der Waals surface area (Å²) < 4.78 is 27.5. The number of benzene rings is 1. The lowest BCUT2D eigenvalue weighted by atomic mass is 10.1. The first kappa shape index (κ1) is 16.1. The Morgan fingerprint density at radius 2 is 1.96 bits per heavy atom. The highest BCUT2D eigenvalue weighted by Gasteiger charge is 2.23. The van der Waals surface area contributed by atoms with Crippen LogP contribution in [0.5, 0.6) is 0 Å². The fourth-order valence-electron chi connectivity index (χ4n) is 3.27. The Morgan fingerprint density at radius 3 is 2.61 bits per heavy atom. The second kappa shape index (κ2) is 6.76. The molecule has 1 saturated heterocycles. The first-order valence-corrected chi connectivity index (χ1v) is 7.97. The summed E-state index contributed by atoms with van der Waals surface area (Å²) in [6.07, 6.45) is 2.47. The first-order valence-electron chi connectivity index (χ1n) is 7.97. The Hall–Kier alpha value is -1.79. The standard InChI is InChI=1S/C17H21F2N3O/c1-2-13(11-23)21-5-7-22(8-6-21)16-3-4-20-17-14(16)9-12(18)10-15(17)19/h3-4,9-10,13,23H,2,5-8,11H2,1H3. The highest BCUT2D eigenvalue weighted by Crippen LogP contribution is 2.29. The molecule has 1 aliphatic rings. The van der Waals surface area contributed by atoms with Gasteiger partial charge in [0.2, 0.25) is 0 Å². The van der Waals surface area contributed by atoms with E-state index in [2.05, 4.69) is 21.7 Å². The summed E-state index contributed by atoms with van der Waals surface area (Å²) >= 11 is 0. The van der Waals surface area contributed by atoms with Gasteiger partial charge in [-0.05, 0) is 18.6 Å². The Morgan fingerprint density at radius 1 is 1.22 bits per heavy atom. The summed E-state index contributed by atoms with van der Waals surface area (Å²) in [4.78, 5) is 8.43. The van der Waals surface area contributed by atoms with Crippen molar-refractivity contribution in [2.24, 2.45) is 0 Å². The first-order chi connectivity index (χ1) is 11.1. The number of halogens is 2. The molecule has 1 N–H and O–H groups in total. The maximum atomic E-state index is 13.9. The van der Waals surface area contributed by atoms with Crippen molar-refractivity contribution in [1.82, 2.24) is 9.88 Å². The van der Waals surface area contributed by atoms with Crippen LogP contribution >= 0.6 is 0 Å². The zero-order valence-corrected chi connectivity index (χ0v) is 13.2. The number of nitrogens with zero attached hydrogens (tertiary/aromatic N) is 3. The van der Waals surface area contributed by atoms with Crippen LogP contribution in [0.2, 0.25) is 0 Å². The van der Waals surface area contributed by atoms with E-state index in [1.54, 1.807) is 12.3 Å². The van der Waals surface area contributed by atoms with Crippen molar-refractivity contribution in [3.8, 4) is 0 Å². The fraction of sp³-hybridized carbons (Fsp3) is 0.471. The summed E-state index contributed by atoms with van der Waals surface area (Å²) in [5, 5.41) is 9.92. The second-order valence-electron chi connectivity index (χ2n) is 5.88. The Bertz CT molecular complexity index is 683. The monoisotopic (exact) mass is 321 g/mol. The van der Waals surface area contributed by atoms with Gasteiger partial charge in [0.05, 0.1) is 6.61 Å². The molecule has 2 heterocycles. The van der Waals surface area contributed by atoms with Crippen molar-refractivity contribution >= 4 is 16.6 Å². The van der Waals surface area contributed by atoms with Crippen LogP contribution in [-0.4, -0.2) is 53.8 Å². The van der Waals surface area contributed by atoms with E-state index in [9.17, 15) is 13.9 Å². The van der Waals surface area contributed by atoms with E-state index in [0.29, 0.717) is 5.39 Å². The van der Waals surface area contributed by atoms with Crippen LogP contribution in [0.15, 0.2) is 24.4 Å². The molecule has 1 unspecified atom stereocenters. The molecule has 0 aliphatic carbocycles. The topological polar surface area (TPSA) is 39.6 Å². The van der Waals surface area contributed by atoms with Crippen LogP contribution in [0.25, 0.3) is 10.9 Å². The predicted molar refractivity (Wildman–Crippen MR) is 86.6 cm³/mol. The van der Waals surface area contributed by atoms with Crippen LogP contribution in [0.4, 0.5) is 14.5 Å². The van der Waals surface area contributed by atoms with Gasteiger partial charge < -0.3 is 10.0 Å². The molecule has 0 bridgehead atoms. The SMILES string of the molecule is CCC(CO)N1CCN(c2ccnc3c(F)cc(F)cc23)CC1. The second-order valence-corrected chi connectivity index (χ2v) is 5.88. The zero-order valence-electron chi connectivity index (χ0n) is 13.2. The van der Waals surface area contributed by atoms with E-state index in [1.165, 1.54) is 6.07 Å². The van der Waals surface area contributed by atoms with Gasteiger partial charge in [0.1, 0.15) is 11.3 Å². The van der Waals surface area contributed by atoms with Gasteiger partial charge in [-0.2, -0.15) is 0 Å². The van der Waals surface area contributed by atoms with Crippen LogP contribution in [0.3, 0.4) is 0 Å². The van der Waals surface area contributed by atoms with Gasteiger partial charge in [0, 0.05) is 55.6 Å². The summed E-state index contributed by atoms with van der Waals surface area (Å²) in [5.74, 6) is -1.22. The van der Waals surface area contributed by atoms with Gasteiger partial charge in [0.15, 0.2) is 5.82 Å². The van der Waals surface area contributed by atoms with Crippen molar-refractivity contribution in [1.29, 1.82) is 0 Å². The minimum atomic E-state index is -0.633. The van der Waals surface area contributed by atoms with Crippen LogP contribution in [0, 0.1) is 11.6 Å². The molecule has 1 aromatic carbocycles. The molecular weight excluding hydrogens is 300 g/mol. The van der Waals surface area contributed by atoms with Gasteiger partial charge in [-0.1, -0.05) is 6.92 Å². The molecule has 6 heteroatoms. The molecule has 0 spiro atoms.